The van der Waals surface area contributed by atoms with Crippen molar-refractivity contribution in [3.8, 4) is 0 Å². The molecule has 0 unspecified atom stereocenters. The predicted molar refractivity (Wildman–Crippen MR) is 132 cm³/mol. The quantitative estimate of drug-likeness (QED) is 0.460. The summed E-state index contributed by atoms with van der Waals surface area (Å²) in [4.78, 5) is 13.1. The highest BCUT2D eigenvalue weighted by Gasteiger charge is 2.28. The normalized spacial score (nSPS) is 13.9. The number of hydrogen-bond donors (Lipinski definition) is 1. The molecular formula is C25H24Cl2N2O3S. The van der Waals surface area contributed by atoms with E-state index in [1.807, 2.05) is 13.0 Å². The number of nitrogens with zero attached hydrogens (tertiary/aromatic N) is 1. The Balaban J connectivity index is 1.59. The van der Waals surface area contributed by atoms with Gasteiger partial charge in [-0.2, -0.15) is 0 Å². The smallest absolute Gasteiger partial charge is 0.264 e. The molecule has 0 spiro atoms. The third-order valence-electron chi connectivity index (χ3n) is 5.81. The Bertz CT molecular complexity index is 1280. The average Bonchev–Trinajstić information content (AvgIpc) is 3.28. The molecule has 1 N–H and O–H groups in total. The summed E-state index contributed by atoms with van der Waals surface area (Å²) in [5.74, 6) is -0.423. The van der Waals surface area contributed by atoms with Gasteiger partial charge in [-0.3, -0.25) is 9.10 Å². The van der Waals surface area contributed by atoms with E-state index in [0.29, 0.717) is 5.02 Å². The Hall–Kier alpha value is -2.54. The molecule has 0 saturated heterocycles. The second kappa shape index (κ2) is 9.75. The summed E-state index contributed by atoms with van der Waals surface area (Å²) in [6.07, 6.45) is 3.28. The van der Waals surface area contributed by atoms with Crippen LogP contribution in [0.4, 0.5) is 5.69 Å². The summed E-state index contributed by atoms with van der Waals surface area (Å²) in [6.45, 7) is 1.49. The van der Waals surface area contributed by atoms with Gasteiger partial charge in [0.05, 0.1) is 26.7 Å². The van der Waals surface area contributed by atoms with Crippen molar-refractivity contribution in [3.05, 3.63) is 93.5 Å². The van der Waals surface area contributed by atoms with E-state index in [1.54, 1.807) is 18.2 Å². The lowest BCUT2D eigenvalue weighted by molar-refractivity contribution is -0.120. The fourth-order valence-corrected chi connectivity index (χ4v) is 5.76. The minimum absolute atomic E-state index is 0.0792. The first-order chi connectivity index (χ1) is 15.8. The van der Waals surface area contributed by atoms with Crippen LogP contribution in [-0.4, -0.2) is 20.9 Å². The predicted octanol–water partition coefficient (Wildman–Crippen LogP) is 5.55. The zero-order chi connectivity index (χ0) is 23.6. The molecule has 8 heteroatoms. The second-order valence-corrected chi connectivity index (χ2v) is 10.8. The van der Waals surface area contributed by atoms with Crippen LogP contribution < -0.4 is 9.62 Å². The number of anilines is 1. The van der Waals surface area contributed by atoms with Gasteiger partial charge in [-0.15, -0.1) is 0 Å². The van der Waals surface area contributed by atoms with E-state index in [4.69, 9.17) is 23.2 Å². The molecule has 1 amide bonds. The molecule has 0 fully saturated rings. The van der Waals surface area contributed by atoms with E-state index in [0.717, 1.165) is 29.1 Å². The van der Waals surface area contributed by atoms with Gasteiger partial charge in [0.2, 0.25) is 5.91 Å². The van der Waals surface area contributed by atoms with Crippen LogP contribution in [0.2, 0.25) is 10.0 Å². The van der Waals surface area contributed by atoms with E-state index >= 15 is 0 Å². The maximum absolute atomic E-state index is 13.4. The molecule has 0 saturated carbocycles. The average molecular weight is 503 g/mol. The number of aryl methyl sites for hydroxylation is 2. The number of benzene rings is 3. The van der Waals surface area contributed by atoms with E-state index < -0.39 is 22.5 Å². The Morgan fingerprint density at radius 2 is 1.70 bits per heavy atom. The fraction of sp³-hybridized carbons (Fsp3) is 0.240. The molecule has 1 aliphatic carbocycles. The summed E-state index contributed by atoms with van der Waals surface area (Å²) in [6, 6.07) is 18.5. The first-order valence-electron chi connectivity index (χ1n) is 10.7. The van der Waals surface area contributed by atoms with Crippen molar-refractivity contribution in [2.75, 3.05) is 10.8 Å². The number of halogens is 2. The molecule has 33 heavy (non-hydrogen) atoms. The molecule has 0 heterocycles. The first kappa shape index (κ1) is 23.6. The maximum atomic E-state index is 13.4. The van der Waals surface area contributed by atoms with Gasteiger partial charge in [-0.1, -0.05) is 59.6 Å². The number of fused-ring (bicyclic) bond motifs is 1. The Labute approximate surface area is 204 Å². The van der Waals surface area contributed by atoms with Gasteiger partial charge in [0, 0.05) is 0 Å². The molecule has 172 valence electrons. The summed E-state index contributed by atoms with van der Waals surface area (Å²) in [5.41, 5.74) is 3.93. The van der Waals surface area contributed by atoms with Gasteiger partial charge in [0.1, 0.15) is 6.54 Å². The number of amides is 1. The van der Waals surface area contributed by atoms with Gasteiger partial charge in [0.25, 0.3) is 10.0 Å². The molecule has 4 rings (SSSR count). The molecule has 0 radical (unpaired) electrons. The van der Waals surface area contributed by atoms with E-state index in [9.17, 15) is 13.2 Å². The van der Waals surface area contributed by atoms with Gasteiger partial charge >= 0.3 is 0 Å². The summed E-state index contributed by atoms with van der Waals surface area (Å²) in [7, 11) is -4.02. The SMILES string of the molecule is C[C@@H](NC(=O)CN(c1ccc(Cl)c(Cl)c1)S(=O)(=O)c1ccccc1)c1ccc2c(c1)CCC2. The van der Waals surface area contributed by atoms with E-state index in [1.165, 1.54) is 41.5 Å². The van der Waals surface area contributed by atoms with Crippen molar-refractivity contribution in [3.63, 3.8) is 0 Å². The van der Waals surface area contributed by atoms with Crippen molar-refractivity contribution in [2.24, 2.45) is 0 Å². The number of hydrogen-bond acceptors (Lipinski definition) is 3. The molecule has 0 aromatic heterocycles. The zero-order valence-corrected chi connectivity index (χ0v) is 20.4. The highest BCUT2D eigenvalue weighted by atomic mass is 35.5. The summed E-state index contributed by atoms with van der Waals surface area (Å²) >= 11 is 12.2. The lowest BCUT2D eigenvalue weighted by Crippen LogP contribution is -2.41. The van der Waals surface area contributed by atoms with Crippen molar-refractivity contribution < 1.29 is 13.2 Å². The third kappa shape index (κ3) is 5.18. The van der Waals surface area contributed by atoms with Crippen LogP contribution in [0.25, 0.3) is 0 Å². The molecule has 1 aliphatic rings. The summed E-state index contributed by atoms with van der Waals surface area (Å²) < 4.78 is 27.9. The lowest BCUT2D eigenvalue weighted by Gasteiger charge is -2.25. The van der Waals surface area contributed by atoms with Crippen molar-refractivity contribution in [2.45, 2.75) is 37.1 Å². The fourth-order valence-electron chi connectivity index (χ4n) is 4.04. The highest BCUT2D eigenvalue weighted by Crippen LogP contribution is 2.31. The monoisotopic (exact) mass is 502 g/mol. The van der Waals surface area contributed by atoms with Gasteiger partial charge in [-0.25, -0.2) is 8.42 Å². The molecule has 3 aromatic carbocycles. The van der Waals surface area contributed by atoms with Gasteiger partial charge < -0.3 is 5.32 Å². The molecule has 3 aromatic rings. The van der Waals surface area contributed by atoms with Crippen LogP contribution in [0.15, 0.2) is 71.6 Å². The Morgan fingerprint density at radius 3 is 2.42 bits per heavy atom. The molecule has 0 bridgehead atoms. The highest BCUT2D eigenvalue weighted by molar-refractivity contribution is 7.92. The van der Waals surface area contributed by atoms with Gasteiger partial charge in [-0.05, 0) is 73.2 Å². The number of carbonyl (C=O) groups is 1. The van der Waals surface area contributed by atoms with Crippen LogP contribution >= 0.6 is 23.2 Å². The zero-order valence-electron chi connectivity index (χ0n) is 18.1. The van der Waals surface area contributed by atoms with Gasteiger partial charge in [0.15, 0.2) is 0 Å². The molecular weight excluding hydrogens is 479 g/mol. The van der Waals surface area contributed by atoms with Crippen LogP contribution in [-0.2, 0) is 27.7 Å². The molecule has 5 nitrogen and oxygen atoms in total. The van der Waals surface area contributed by atoms with Crippen LogP contribution in [0, 0.1) is 0 Å². The minimum atomic E-state index is -4.02. The van der Waals surface area contributed by atoms with E-state index in [-0.39, 0.29) is 21.6 Å². The minimum Gasteiger partial charge on any atom is -0.348 e. The number of nitrogens with one attached hydrogen (secondary N) is 1. The van der Waals surface area contributed by atoms with E-state index in [2.05, 4.69) is 17.4 Å². The number of sulfonamides is 1. The van der Waals surface area contributed by atoms with Crippen molar-refractivity contribution in [1.29, 1.82) is 0 Å². The maximum Gasteiger partial charge on any atom is 0.264 e. The molecule has 0 aliphatic heterocycles. The van der Waals surface area contributed by atoms with Crippen molar-refractivity contribution >= 4 is 44.8 Å². The van der Waals surface area contributed by atoms with Crippen molar-refractivity contribution in [1.82, 2.24) is 5.32 Å². The number of carbonyl (C=O) groups excluding carboxylic acids is 1. The molecule has 1 atom stereocenters. The van der Waals surface area contributed by atoms with Crippen LogP contribution in [0.3, 0.4) is 0 Å². The number of rotatable bonds is 7. The largest absolute Gasteiger partial charge is 0.348 e. The topological polar surface area (TPSA) is 66.5 Å². The third-order valence-corrected chi connectivity index (χ3v) is 8.34. The second-order valence-electron chi connectivity index (χ2n) is 8.09. The van der Waals surface area contributed by atoms with Crippen LogP contribution in [0.5, 0.6) is 0 Å². The summed E-state index contributed by atoms with van der Waals surface area (Å²) in [5, 5.41) is 3.43. The Morgan fingerprint density at radius 1 is 0.970 bits per heavy atom. The lowest BCUT2D eigenvalue weighted by atomic mass is 10.0. The van der Waals surface area contributed by atoms with Crippen LogP contribution in [0.1, 0.15) is 36.1 Å². The Kier molecular flexibility index (Phi) is 6.98. The standard InChI is InChI=1S/C25H24Cl2N2O3S/c1-17(19-11-10-18-6-5-7-20(18)14-19)28-25(30)16-29(21-12-13-23(26)24(27)15-21)33(31,32)22-8-3-2-4-9-22/h2-4,8-15,17H,5-7,16H2,1H3,(H,28,30)/t17-/m1/s1. The first-order valence-corrected chi connectivity index (χ1v) is 12.9.